The fourth-order valence-corrected chi connectivity index (χ4v) is 2.21. The second-order valence-electron chi connectivity index (χ2n) is 5.60. The van der Waals surface area contributed by atoms with E-state index in [9.17, 15) is 5.11 Å². The highest BCUT2D eigenvalue weighted by Crippen LogP contribution is 2.27. The Morgan fingerprint density at radius 1 is 1.24 bits per heavy atom. The van der Waals surface area contributed by atoms with Crippen molar-refractivity contribution in [3.8, 4) is 5.75 Å². The first kappa shape index (κ1) is 18.1. The molecule has 1 aliphatic carbocycles. The molecule has 1 saturated carbocycles. The Morgan fingerprint density at radius 3 is 2.38 bits per heavy atom. The molecule has 118 valence electrons. The van der Waals surface area contributed by atoms with Gasteiger partial charge in [-0.3, -0.25) is 0 Å². The first-order valence-corrected chi connectivity index (χ1v) is 7.41. The van der Waals surface area contributed by atoms with E-state index in [0.717, 1.165) is 41.7 Å². The molecule has 0 bridgehead atoms. The van der Waals surface area contributed by atoms with Gasteiger partial charge >= 0.3 is 0 Å². The van der Waals surface area contributed by atoms with Gasteiger partial charge in [0, 0.05) is 13.1 Å². The average molecular weight is 403 g/mol. The lowest BCUT2D eigenvalue weighted by Gasteiger charge is -2.11. The second kappa shape index (κ2) is 8.46. The molecule has 0 spiro atoms. The molecule has 2 rings (SSSR count). The maximum absolute atomic E-state index is 9.78. The molecule has 0 saturated heterocycles. The van der Waals surface area contributed by atoms with E-state index in [2.05, 4.69) is 22.5 Å². The van der Waals surface area contributed by atoms with Crippen molar-refractivity contribution in [2.45, 2.75) is 40.2 Å². The number of guanidine groups is 1. The van der Waals surface area contributed by atoms with Gasteiger partial charge in [-0.25, -0.2) is 4.99 Å². The summed E-state index contributed by atoms with van der Waals surface area (Å²) in [5.41, 5.74) is 2.94. The van der Waals surface area contributed by atoms with Crippen molar-refractivity contribution >= 4 is 29.9 Å². The molecule has 0 amide bonds. The van der Waals surface area contributed by atoms with Crippen LogP contribution in [0.1, 0.15) is 36.5 Å². The van der Waals surface area contributed by atoms with Crippen molar-refractivity contribution in [3.05, 3.63) is 28.8 Å². The molecule has 0 aromatic heterocycles. The number of phenols is 1. The summed E-state index contributed by atoms with van der Waals surface area (Å²) >= 11 is 0. The SMILES string of the molecule is CCNC(=NCc1cc(C)c(O)c(C)c1)NCC1CC1.I. The Hall–Kier alpha value is -0.980. The number of aromatic hydroxyl groups is 1. The molecule has 1 aromatic rings. The summed E-state index contributed by atoms with van der Waals surface area (Å²) in [4.78, 5) is 4.61. The third-order valence-corrected chi connectivity index (χ3v) is 3.57. The third-order valence-electron chi connectivity index (χ3n) is 3.57. The molecule has 0 aliphatic heterocycles. The summed E-state index contributed by atoms with van der Waals surface area (Å²) in [6.07, 6.45) is 2.67. The van der Waals surface area contributed by atoms with Crippen molar-refractivity contribution < 1.29 is 5.11 Å². The number of halogens is 1. The Morgan fingerprint density at radius 2 is 1.86 bits per heavy atom. The summed E-state index contributed by atoms with van der Waals surface area (Å²) < 4.78 is 0. The summed E-state index contributed by atoms with van der Waals surface area (Å²) in [5, 5.41) is 16.4. The summed E-state index contributed by atoms with van der Waals surface area (Å²) in [6, 6.07) is 3.99. The van der Waals surface area contributed by atoms with Gasteiger partial charge in [-0.15, -0.1) is 24.0 Å². The van der Waals surface area contributed by atoms with Crippen LogP contribution in [0.4, 0.5) is 0 Å². The number of aryl methyl sites for hydroxylation is 2. The van der Waals surface area contributed by atoms with Gasteiger partial charge in [0.1, 0.15) is 5.75 Å². The van der Waals surface area contributed by atoms with Crippen LogP contribution in [0.5, 0.6) is 5.75 Å². The number of hydrogen-bond acceptors (Lipinski definition) is 2. The lowest BCUT2D eigenvalue weighted by Crippen LogP contribution is -2.38. The van der Waals surface area contributed by atoms with E-state index in [4.69, 9.17) is 0 Å². The van der Waals surface area contributed by atoms with Crippen LogP contribution in [0.2, 0.25) is 0 Å². The average Bonchev–Trinajstić information content (AvgIpc) is 3.23. The van der Waals surface area contributed by atoms with E-state index in [-0.39, 0.29) is 24.0 Å². The van der Waals surface area contributed by atoms with Crippen LogP contribution < -0.4 is 10.6 Å². The van der Waals surface area contributed by atoms with Crippen LogP contribution in [-0.4, -0.2) is 24.2 Å². The van der Waals surface area contributed by atoms with Crippen molar-refractivity contribution in [3.63, 3.8) is 0 Å². The number of nitrogens with zero attached hydrogens (tertiary/aromatic N) is 1. The van der Waals surface area contributed by atoms with Crippen molar-refractivity contribution in [2.75, 3.05) is 13.1 Å². The van der Waals surface area contributed by atoms with Gasteiger partial charge in [-0.2, -0.15) is 0 Å². The number of aliphatic imine (C=N–C) groups is 1. The van der Waals surface area contributed by atoms with Crippen LogP contribution in [0.3, 0.4) is 0 Å². The molecule has 0 heterocycles. The number of nitrogens with one attached hydrogen (secondary N) is 2. The molecule has 0 radical (unpaired) electrons. The topological polar surface area (TPSA) is 56.7 Å². The summed E-state index contributed by atoms with van der Waals surface area (Å²) in [7, 11) is 0. The smallest absolute Gasteiger partial charge is 0.191 e. The molecular weight excluding hydrogens is 377 g/mol. The van der Waals surface area contributed by atoms with Crippen LogP contribution in [-0.2, 0) is 6.54 Å². The molecule has 0 atom stereocenters. The fourth-order valence-electron chi connectivity index (χ4n) is 2.21. The van der Waals surface area contributed by atoms with Crippen LogP contribution >= 0.6 is 24.0 Å². The second-order valence-corrected chi connectivity index (χ2v) is 5.60. The van der Waals surface area contributed by atoms with E-state index in [1.807, 2.05) is 26.0 Å². The zero-order valence-corrected chi connectivity index (χ0v) is 15.4. The molecule has 5 heteroatoms. The van der Waals surface area contributed by atoms with Crippen LogP contribution in [0.15, 0.2) is 17.1 Å². The molecular formula is C16H26IN3O. The minimum Gasteiger partial charge on any atom is -0.507 e. The largest absolute Gasteiger partial charge is 0.507 e. The quantitative estimate of drug-likeness (QED) is 0.402. The lowest BCUT2D eigenvalue weighted by atomic mass is 10.1. The van der Waals surface area contributed by atoms with Gasteiger partial charge in [0.05, 0.1) is 6.54 Å². The Bertz CT molecular complexity index is 475. The Kier molecular flexibility index (Phi) is 7.28. The molecule has 1 fully saturated rings. The van der Waals surface area contributed by atoms with Crippen molar-refractivity contribution in [1.82, 2.24) is 10.6 Å². The highest BCUT2D eigenvalue weighted by atomic mass is 127. The Labute approximate surface area is 144 Å². The predicted molar refractivity (Wildman–Crippen MR) is 98.5 cm³/mol. The van der Waals surface area contributed by atoms with Crippen molar-refractivity contribution in [2.24, 2.45) is 10.9 Å². The standard InChI is InChI=1S/C16H25N3O.HI/c1-4-17-16(18-9-13-5-6-13)19-10-14-7-11(2)15(20)12(3)8-14;/h7-8,13,20H,4-6,9-10H2,1-3H3,(H2,17,18,19);1H. The number of hydrogen-bond donors (Lipinski definition) is 3. The molecule has 1 aromatic carbocycles. The molecule has 1 aliphatic rings. The van der Waals surface area contributed by atoms with Gasteiger partial charge in [0.25, 0.3) is 0 Å². The van der Waals surface area contributed by atoms with Gasteiger partial charge in [-0.1, -0.05) is 12.1 Å². The minimum absolute atomic E-state index is 0. The number of rotatable bonds is 5. The van der Waals surface area contributed by atoms with E-state index in [0.29, 0.717) is 12.3 Å². The molecule has 3 N–H and O–H groups in total. The molecule has 0 unspecified atom stereocenters. The van der Waals surface area contributed by atoms with Gasteiger partial charge < -0.3 is 15.7 Å². The van der Waals surface area contributed by atoms with E-state index in [1.54, 1.807) is 0 Å². The van der Waals surface area contributed by atoms with E-state index < -0.39 is 0 Å². The number of benzene rings is 1. The van der Waals surface area contributed by atoms with Gasteiger partial charge in [0.2, 0.25) is 0 Å². The zero-order valence-electron chi connectivity index (χ0n) is 13.1. The minimum atomic E-state index is 0. The molecule has 21 heavy (non-hydrogen) atoms. The first-order valence-electron chi connectivity index (χ1n) is 7.41. The number of phenolic OH excluding ortho intramolecular Hbond substituents is 1. The van der Waals surface area contributed by atoms with Crippen LogP contribution in [0, 0.1) is 19.8 Å². The summed E-state index contributed by atoms with van der Waals surface area (Å²) in [6.45, 7) is 8.42. The first-order chi connectivity index (χ1) is 9.60. The third kappa shape index (κ3) is 5.73. The van der Waals surface area contributed by atoms with E-state index >= 15 is 0 Å². The lowest BCUT2D eigenvalue weighted by molar-refractivity contribution is 0.466. The fraction of sp³-hybridized carbons (Fsp3) is 0.562. The monoisotopic (exact) mass is 403 g/mol. The van der Waals surface area contributed by atoms with E-state index in [1.165, 1.54) is 12.8 Å². The zero-order chi connectivity index (χ0) is 14.5. The van der Waals surface area contributed by atoms with Crippen molar-refractivity contribution in [1.29, 1.82) is 0 Å². The highest BCUT2D eigenvalue weighted by molar-refractivity contribution is 14.0. The van der Waals surface area contributed by atoms with Gasteiger partial charge in [0.15, 0.2) is 5.96 Å². The summed E-state index contributed by atoms with van der Waals surface area (Å²) in [5.74, 6) is 2.09. The normalized spacial score (nSPS) is 14.5. The molecule has 4 nitrogen and oxygen atoms in total. The maximum atomic E-state index is 9.78. The predicted octanol–water partition coefficient (Wildman–Crippen LogP) is 3.09. The maximum Gasteiger partial charge on any atom is 0.191 e. The highest BCUT2D eigenvalue weighted by Gasteiger charge is 2.20. The Balaban J connectivity index is 0.00000220. The van der Waals surface area contributed by atoms with Crippen LogP contribution in [0.25, 0.3) is 0 Å². The van der Waals surface area contributed by atoms with Gasteiger partial charge in [-0.05, 0) is 56.2 Å².